The van der Waals surface area contributed by atoms with Crippen LogP contribution in [0.4, 0.5) is 0 Å². The van der Waals surface area contributed by atoms with Crippen molar-refractivity contribution in [3.05, 3.63) is 182 Å². The van der Waals surface area contributed by atoms with Crippen LogP contribution < -0.4 is 0 Å². The molecule has 0 rings (SSSR count). The summed E-state index contributed by atoms with van der Waals surface area (Å²) in [6.07, 6.45) is 96.0. The molecule has 0 bridgehead atoms. The molecule has 1 unspecified atom stereocenters. The molecule has 0 fully saturated rings. The van der Waals surface area contributed by atoms with Gasteiger partial charge in [-0.15, -0.1) is 0 Å². The molecule has 0 amide bonds. The fourth-order valence-corrected chi connectivity index (χ4v) is 7.56. The van der Waals surface area contributed by atoms with E-state index < -0.39 is 6.10 Å². The molecule has 0 aliphatic heterocycles. The fourth-order valence-electron chi connectivity index (χ4n) is 7.56. The monoisotopic (exact) mass is 1070 g/mol. The number of carbonyl (C=O) groups excluding carboxylic acids is 3. The smallest absolute Gasteiger partial charge is 0.306 e. The first-order chi connectivity index (χ1) is 38.5. The van der Waals surface area contributed by atoms with Crippen LogP contribution in [0.5, 0.6) is 0 Å². The standard InChI is InChI=1S/C72H110O6/c1-4-7-10-13-16-19-22-25-28-30-32-33-34-35-36-37-38-39-41-42-44-47-50-53-56-59-62-65-71(74)77-68-69(67-76-70(73)64-61-58-55-52-49-46-27-24-21-18-15-12-9-6-3)78-72(75)66-63-60-57-54-51-48-45-43-40-31-29-26-23-20-17-14-11-8-5-2/h7-8,10-11,15-20,24-29,32-33,35-36,38-40,42-44,48,50-51,53,69H,4-6,9,12-14,21-23,30-31,34,37,41,45-47,49,52,54-68H2,1-3H3/b10-7-,11-8-,18-15-,19-16-,20-17-,27-24-,28-25-,29-26-,33-32-,36-35-,39-38-,43-40-,44-42-,51-48-,53-50-. The maximum atomic E-state index is 12.9. The molecule has 6 heteroatoms. The van der Waals surface area contributed by atoms with Crippen molar-refractivity contribution in [3.63, 3.8) is 0 Å². The zero-order valence-electron chi connectivity index (χ0n) is 49.6. The SMILES string of the molecule is CC/C=C\C/C=C\C/C=C\C/C=C\C/C=C\C/C=C\C/C=C\C/C=C\CCCCC(=O)OCC(COC(=O)CCCCCCC/C=C\C/C=C\CCCC)OC(=O)CCCCC/C=C\C/C=C\C/C=C\C/C=C\C/C=C\CC. The largest absolute Gasteiger partial charge is 0.462 e. The lowest BCUT2D eigenvalue weighted by atomic mass is 10.1. The van der Waals surface area contributed by atoms with E-state index in [0.29, 0.717) is 19.3 Å². The van der Waals surface area contributed by atoms with Crippen LogP contribution in [0, 0.1) is 0 Å². The van der Waals surface area contributed by atoms with E-state index in [0.717, 1.165) is 161 Å². The van der Waals surface area contributed by atoms with Gasteiger partial charge >= 0.3 is 17.9 Å². The number of carbonyl (C=O) groups is 3. The van der Waals surface area contributed by atoms with Crippen LogP contribution in [0.3, 0.4) is 0 Å². The van der Waals surface area contributed by atoms with Gasteiger partial charge in [0.05, 0.1) is 0 Å². The van der Waals surface area contributed by atoms with Gasteiger partial charge in [-0.05, 0) is 154 Å². The van der Waals surface area contributed by atoms with Crippen LogP contribution in [0.15, 0.2) is 182 Å². The normalized spacial score (nSPS) is 13.4. The summed E-state index contributed by atoms with van der Waals surface area (Å²) in [6.45, 7) is 6.28. The minimum Gasteiger partial charge on any atom is -0.462 e. The maximum Gasteiger partial charge on any atom is 0.306 e. The zero-order chi connectivity index (χ0) is 56.4. The van der Waals surface area contributed by atoms with Crippen molar-refractivity contribution in [1.82, 2.24) is 0 Å². The molecule has 0 spiro atoms. The Morgan fingerprint density at radius 2 is 0.500 bits per heavy atom. The van der Waals surface area contributed by atoms with Gasteiger partial charge in [-0.3, -0.25) is 14.4 Å². The fraction of sp³-hybridized carbons (Fsp3) is 0.542. The number of allylic oxidation sites excluding steroid dienone is 30. The van der Waals surface area contributed by atoms with E-state index >= 15 is 0 Å². The molecule has 434 valence electrons. The molecule has 0 aliphatic rings. The average Bonchev–Trinajstić information content (AvgIpc) is 3.44. The summed E-state index contributed by atoms with van der Waals surface area (Å²) < 4.78 is 16.8. The quantitative estimate of drug-likeness (QED) is 0.0261. The van der Waals surface area contributed by atoms with E-state index in [1.165, 1.54) is 19.3 Å². The molecule has 0 saturated heterocycles. The zero-order valence-corrected chi connectivity index (χ0v) is 49.6. The Hall–Kier alpha value is -5.49. The lowest BCUT2D eigenvalue weighted by Gasteiger charge is -2.18. The first kappa shape index (κ1) is 72.5. The number of ether oxygens (including phenoxy) is 3. The first-order valence-corrected chi connectivity index (χ1v) is 30.8. The highest BCUT2D eigenvalue weighted by Gasteiger charge is 2.19. The lowest BCUT2D eigenvalue weighted by molar-refractivity contribution is -0.167. The van der Waals surface area contributed by atoms with Crippen LogP contribution in [0.2, 0.25) is 0 Å². The van der Waals surface area contributed by atoms with Gasteiger partial charge in [0.2, 0.25) is 0 Å². The second-order valence-corrected chi connectivity index (χ2v) is 19.5. The topological polar surface area (TPSA) is 78.9 Å². The molecule has 1 atom stereocenters. The van der Waals surface area contributed by atoms with Crippen molar-refractivity contribution >= 4 is 17.9 Å². The summed E-state index contributed by atoms with van der Waals surface area (Å²) in [6, 6.07) is 0. The second-order valence-electron chi connectivity index (χ2n) is 19.5. The van der Waals surface area contributed by atoms with Crippen LogP contribution in [-0.2, 0) is 28.6 Å². The first-order valence-electron chi connectivity index (χ1n) is 30.8. The van der Waals surface area contributed by atoms with Crippen LogP contribution in [0.25, 0.3) is 0 Å². The molecular formula is C72H110O6. The molecule has 0 aromatic heterocycles. The van der Waals surface area contributed by atoms with E-state index in [-0.39, 0.29) is 44.0 Å². The van der Waals surface area contributed by atoms with Gasteiger partial charge < -0.3 is 14.2 Å². The molecule has 0 heterocycles. The number of esters is 3. The third kappa shape index (κ3) is 61.4. The highest BCUT2D eigenvalue weighted by molar-refractivity contribution is 5.71. The predicted octanol–water partition coefficient (Wildman–Crippen LogP) is 21.3. The summed E-state index contributed by atoms with van der Waals surface area (Å²) in [4.78, 5) is 38.3. The van der Waals surface area contributed by atoms with Gasteiger partial charge in [0.25, 0.3) is 0 Å². The van der Waals surface area contributed by atoms with Crippen LogP contribution in [0.1, 0.15) is 233 Å². The van der Waals surface area contributed by atoms with Crippen molar-refractivity contribution in [3.8, 4) is 0 Å². The number of unbranched alkanes of at least 4 members (excludes halogenated alkanes) is 12. The Balaban J connectivity index is 4.55. The van der Waals surface area contributed by atoms with Gasteiger partial charge in [-0.2, -0.15) is 0 Å². The second kappa shape index (κ2) is 64.0. The molecule has 0 aliphatic carbocycles. The van der Waals surface area contributed by atoms with E-state index in [1.807, 2.05) is 0 Å². The predicted molar refractivity (Wildman–Crippen MR) is 338 cm³/mol. The van der Waals surface area contributed by atoms with Gasteiger partial charge in [-0.25, -0.2) is 0 Å². The summed E-state index contributed by atoms with van der Waals surface area (Å²) in [5.41, 5.74) is 0. The molecule has 78 heavy (non-hydrogen) atoms. The Morgan fingerprint density at radius 3 is 0.821 bits per heavy atom. The van der Waals surface area contributed by atoms with Gasteiger partial charge in [0.15, 0.2) is 6.10 Å². The van der Waals surface area contributed by atoms with Crippen molar-refractivity contribution in [2.75, 3.05) is 13.2 Å². The number of rotatable bonds is 53. The molecule has 0 saturated carbocycles. The molecule has 0 radical (unpaired) electrons. The summed E-state index contributed by atoms with van der Waals surface area (Å²) in [5.74, 6) is -1.02. The molecule has 0 N–H and O–H groups in total. The van der Waals surface area contributed by atoms with Crippen molar-refractivity contribution < 1.29 is 28.6 Å². The maximum absolute atomic E-state index is 12.9. The number of hydrogen-bond acceptors (Lipinski definition) is 6. The van der Waals surface area contributed by atoms with E-state index in [4.69, 9.17) is 14.2 Å². The van der Waals surface area contributed by atoms with Gasteiger partial charge in [-0.1, -0.05) is 242 Å². The Morgan fingerprint density at radius 1 is 0.269 bits per heavy atom. The van der Waals surface area contributed by atoms with E-state index in [2.05, 4.69) is 203 Å². The molecule has 0 aromatic rings. The average molecular weight is 1070 g/mol. The van der Waals surface area contributed by atoms with Crippen molar-refractivity contribution in [2.45, 2.75) is 239 Å². The van der Waals surface area contributed by atoms with E-state index in [9.17, 15) is 14.4 Å². The Labute approximate surface area is 478 Å². The summed E-state index contributed by atoms with van der Waals surface area (Å²) >= 11 is 0. The molecule has 0 aromatic carbocycles. The van der Waals surface area contributed by atoms with E-state index in [1.54, 1.807) is 0 Å². The summed E-state index contributed by atoms with van der Waals surface area (Å²) in [7, 11) is 0. The highest BCUT2D eigenvalue weighted by Crippen LogP contribution is 2.12. The van der Waals surface area contributed by atoms with Crippen molar-refractivity contribution in [2.24, 2.45) is 0 Å². The summed E-state index contributed by atoms with van der Waals surface area (Å²) in [5, 5.41) is 0. The third-order valence-electron chi connectivity index (χ3n) is 12.1. The van der Waals surface area contributed by atoms with Crippen molar-refractivity contribution in [1.29, 1.82) is 0 Å². The highest BCUT2D eigenvalue weighted by atomic mass is 16.6. The van der Waals surface area contributed by atoms with Gasteiger partial charge in [0, 0.05) is 19.3 Å². The Kier molecular flexibility index (Phi) is 59.5. The lowest BCUT2D eigenvalue weighted by Crippen LogP contribution is -2.30. The minimum atomic E-state index is -0.832. The minimum absolute atomic E-state index is 0.122. The number of hydrogen-bond donors (Lipinski definition) is 0. The van der Waals surface area contributed by atoms with Crippen LogP contribution >= 0.6 is 0 Å². The molecule has 6 nitrogen and oxygen atoms in total. The van der Waals surface area contributed by atoms with Gasteiger partial charge in [0.1, 0.15) is 13.2 Å². The van der Waals surface area contributed by atoms with Crippen LogP contribution in [-0.4, -0.2) is 37.2 Å². The third-order valence-corrected chi connectivity index (χ3v) is 12.1. The Bertz CT molecular complexity index is 1850. The molecular weight excluding hydrogens is 961 g/mol.